The molecule has 4 unspecified atom stereocenters. The minimum absolute atomic E-state index is 0.0156. The van der Waals surface area contributed by atoms with Crippen LogP contribution < -0.4 is 10.2 Å². The summed E-state index contributed by atoms with van der Waals surface area (Å²) in [5, 5.41) is 68.6. The van der Waals surface area contributed by atoms with E-state index in [1.807, 2.05) is 0 Å². The SMILES string of the molecule is O=C(O)C1O[C@@H](Oc2cc3oc(-c4ccc(O)cc4)cc(=O)c3c(O)c2O)C(O)C(O)C1O. The number of aliphatic hydroxyl groups is 3. The lowest BCUT2D eigenvalue weighted by molar-refractivity contribution is -0.271. The molecular weight excluding hydrogens is 444 g/mol. The summed E-state index contributed by atoms with van der Waals surface area (Å²) in [7, 11) is 0. The summed E-state index contributed by atoms with van der Waals surface area (Å²) in [6.07, 6.45) is -9.67. The summed E-state index contributed by atoms with van der Waals surface area (Å²) in [5.41, 5.74) is -0.539. The van der Waals surface area contributed by atoms with Crippen molar-refractivity contribution < 1.29 is 54.4 Å². The number of aliphatic carboxylic acids is 1. The predicted molar refractivity (Wildman–Crippen MR) is 108 cm³/mol. The monoisotopic (exact) mass is 462 g/mol. The van der Waals surface area contributed by atoms with E-state index in [1.54, 1.807) is 0 Å². The largest absolute Gasteiger partial charge is 0.508 e. The Hall–Kier alpha value is -3.84. The van der Waals surface area contributed by atoms with Crippen molar-refractivity contribution in [2.75, 3.05) is 0 Å². The quantitative estimate of drug-likeness (QED) is 0.253. The maximum Gasteiger partial charge on any atom is 0.335 e. The Morgan fingerprint density at radius 3 is 2.21 bits per heavy atom. The average Bonchev–Trinajstić information content (AvgIpc) is 2.77. The van der Waals surface area contributed by atoms with E-state index in [1.165, 1.54) is 24.3 Å². The minimum atomic E-state index is -1.96. The first-order valence-electron chi connectivity index (χ1n) is 9.49. The van der Waals surface area contributed by atoms with Crippen molar-refractivity contribution in [3.63, 3.8) is 0 Å². The first-order valence-corrected chi connectivity index (χ1v) is 9.49. The number of rotatable bonds is 4. The topological polar surface area (TPSA) is 207 Å². The number of aliphatic hydroxyl groups excluding tert-OH is 3. The number of ether oxygens (including phenoxy) is 2. The van der Waals surface area contributed by atoms with Crippen LogP contribution >= 0.6 is 0 Å². The minimum Gasteiger partial charge on any atom is -0.508 e. The van der Waals surface area contributed by atoms with Crippen molar-refractivity contribution in [3.8, 4) is 34.3 Å². The van der Waals surface area contributed by atoms with Gasteiger partial charge in [0, 0.05) is 17.7 Å². The molecule has 12 nitrogen and oxygen atoms in total. The van der Waals surface area contributed by atoms with Crippen LogP contribution in [0.2, 0.25) is 0 Å². The standard InChI is InChI=1S/C21H18O12/c22-8-3-1-7(2-4-8)10-5-9(23)13-11(31-10)6-12(14(24)15(13)25)32-21-18(28)16(26)17(27)19(33-21)20(29)30/h1-6,16-19,21-22,24-28H,(H,29,30)/t16?,17?,18?,19?,21-/m1/s1. The lowest BCUT2D eigenvalue weighted by atomic mass is 9.99. The fourth-order valence-corrected chi connectivity index (χ4v) is 3.40. The molecule has 5 atom stereocenters. The van der Waals surface area contributed by atoms with Crippen LogP contribution in [0.5, 0.6) is 23.0 Å². The summed E-state index contributed by atoms with van der Waals surface area (Å²) in [6.45, 7) is 0. The molecule has 2 aromatic carbocycles. The first kappa shape index (κ1) is 22.4. The van der Waals surface area contributed by atoms with Gasteiger partial charge in [-0.2, -0.15) is 0 Å². The van der Waals surface area contributed by atoms with E-state index in [2.05, 4.69) is 0 Å². The fraction of sp³-hybridized carbons (Fsp3) is 0.238. The maximum atomic E-state index is 12.6. The van der Waals surface area contributed by atoms with E-state index < -0.39 is 59.4 Å². The predicted octanol–water partition coefficient (Wildman–Crippen LogP) is -0.152. The third kappa shape index (κ3) is 3.91. The summed E-state index contributed by atoms with van der Waals surface area (Å²) >= 11 is 0. The van der Waals surface area contributed by atoms with Crippen LogP contribution in [0.4, 0.5) is 0 Å². The number of aromatic hydroxyl groups is 3. The van der Waals surface area contributed by atoms with Gasteiger partial charge in [0.05, 0.1) is 0 Å². The molecule has 33 heavy (non-hydrogen) atoms. The van der Waals surface area contributed by atoms with E-state index in [-0.39, 0.29) is 22.5 Å². The van der Waals surface area contributed by atoms with Gasteiger partial charge >= 0.3 is 5.97 Å². The van der Waals surface area contributed by atoms with Gasteiger partial charge in [0.1, 0.15) is 40.8 Å². The van der Waals surface area contributed by atoms with Gasteiger partial charge < -0.3 is 49.6 Å². The van der Waals surface area contributed by atoms with E-state index in [4.69, 9.17) is 19.0 Å². The molecule has 1 aliphatic heterocycles. The number of carbonyl (C=O) groups is 1. The molecule has 2 heterocycles. The molecule has 4 rings (SSSR count). The molecule has 0 radical (unpaired) electrons. The molecule has 0 amide bonds. The molecule has 1 saturated heterocycles. The Morgan fingerprint density at radius 2 is 1.58 bits per heavy atom. The number of carboxylic acids is 1. The van der Waals surface area contributed by atoms with Crippen LogP contribution in [0.25, 0.3) is 22.3 Å². The Morgan fingerprint density at radius 1 is 0.909 bits per heavy atom. The van der Waals surface area contributed by atoms with Crippen molar-refractivity contribution in [2.24, 2.45) is 0 Å². The van der Waals surface area contributed by atoms with Crippen molar-refractivity contribution in [1.82, 2.24) is 0 Å². The first-order chi connectivity index (χ1) is 15.6. The Balaban J connectivity index is 1.76. The van der Waals surface area contributed by atoms with Crippen LogP contribution in [0.3, 0.4) is 0 Å². The number of phenols is 3. The summed E-state index contributed by atoms with van der Waals surface area (Å²) in [4.78, 5) is 23.8. The zero-order chi connectivity index (χ0) is 24.0. The molecule has 0 spiro atoms. The number of benzene rings is 2. The summed E-state index contributed by atoms with van der Waals surface area (Å²) in [6, 6.07) is 7.74. The molecule has 0 aliphatic carbocycles. The van der Waals surface area contributed by atoms with E-state index in [9.17, 15) is 40.2 Å². The lowest BCUT2D eigenvalue weighted by Crippen LogP contribution is -2.61. The van der Waals surface area contributed by atoms with Crippen molar-refractivity contribution in [3.05, 3.63) is 46.6 Å². The highest BCUT2D eigenvalue weighted by Gasteiger charge is 2.48. The molecule has 0 saturated carbocycles. The fourth-order valence-electron chi connectivity index (χ4n) is 3.40. The van der Waals surface area contributed by atoms with Crippen LogP contribution in [0.15, 0.2) is 45.6 Å². The van der Waals surface area contributed by atoms with Crippen molar-refractivity contribution in [1.29, 1.82) is 0 Å². The molecule has 0 bridgehead atoms. The van der Waals surface area contributed by atoms with Gasteiger partial charge in [-0.1, -0.05) is 0 Å². The van der Waals surface area contributed by atoms with Crippen molar-refractivity contribution in [2.45, 2.75) is 30.7 Å². The van der Waals surface area contributed by atoms with Gasteiger partial charge in [-0.15, -0.1) is 0 Å². The van der Waals surface area contributed by atoms with Crippen molar-refractivity contribution >= 4 is 16.9 Å². The maximum absolute atomic E-state index is 12.6. The normalized spacial score (nSPS) is 25.1. The zero-order valence-corrected chi connectivity index (χ0v) is 16.5. The zero-order valence-electron chi connectivity index (χ0n) is 16.5. The number of hydrogen-bond donors (Lipinski definition) is 7. The van der Waals surface area contributed by atoms with Gasteiger partial charge in [-0.05, 0) is 24.3 Å². The van der Waals surface area contributed by atoms with E-state index >= 15 is 0 Å². The number of carboxylic acid groups (broad SMARTS) is 1. The molecule has 3 aromatic rings. The second kappa shape index (κ2) is 8.26. The summed E-state index contributed by atoms with van der Waals surface area (Å²) in [5.74, 6) is -4.01. The van der Waals surface area contributed by atoms with Gasteiger partial charge in [-0.25, -0.2) is 4.79 Å². The van der Waals surface area contributed by atoms with Crippen LogP contribution in [0.1, 0.15) is 0 Å². The second-order valence-electron chi connectivity index (χ2n) is 7.32. The number of fused-ring (bicyclic) bond motifs is 1. The molecule has 12 heteroatoms. The lowest BCUT2D eigenvalue weighted by Gasteiger charge is -2.38. The van der Waals surface area contributed by atoms with Crippen LogP contribution in [0, 0.1) is 0 Å². The molecule has 1 aliphatic rings. The molecule has 7 N–H and O–H groups in total. The number of hydrogen-bond acceptors (Lipinski definition) is 11. The third-order valence-corrected chi connectivity index (χ3v) is 5.14. The third-order valence-electron chi connectivity index (χ3n) is 5.14. The highest BCUT2D eigenvalue weighted by Crippen LogP contribution is 2.42. The average molecular weight is 462 g/mol. The molecule has 1 fully saturated rings. The smallest absolute Gasteiger partial charge is 0.335 e. The van der Waals surface area contributed by atoms with Gasteiger partial charge in [0.2, 0.25) is 12.0 Å². The highest BCUT2D eigenvalue weighted by atomic mass is 16.7. The van der Waals surface area contributed by atoms with Gasteiger partial charge in [0.25, 0.3) is 0 Å². The van der Waals surface area contributed by atoms with E-state index in [0.717, 1.165) is 12.1 Å². The van der Waals surface area contributed by atoms with Gasteiger partial charge in [-0.3, -0.25) is 4.79 Å². The Bertz CT molecular complexity index is 1260. The molecule has 174 valence electrons. The van der Waals surface area contributed by atoms with Gasteiger partial charge in [0.15, 0.2) is 23.0 Å². The van der Waals surface area contributed by atoms with Crippen LogP contribution in [-0.2, 0) is 9.53 Å². The van der Waals surface area contributed by atoms with Crippen LogP contribution in [-0.4, -0.2) is 72.4 Å². The number of phenolic OH excluding ortho intramolecular Hbond substituents is 3. The Kier molecular flexibility index (Phi) is 5.59. The Labute approximate surface area is 183 Å². The highest BCUT2D eigenvalue weighted by molar-refractivity contribution is 5.89. The molecule has 1 aromatic heterocycles. The van der Waals surface area contributed by atoms with E-state index in [0.29, 0.717) is 5.56 Å². The second-order valence-corrected chi connectivity index (χ2v) is 7.32. The molecular formula is C21H18O12. The summed E-state index contributed by atoms with van der Waals surface area (Å²) < 4.78 is 15.9.